The second-order valence-corrected chi connectivity index (χ2v) is 4.89. The summed E-state index contributed by atoms with van der Waals surface area (Å²) in [7, 11) is 0. The zero-order valence-corrected chi connectivity index (χ0v) is 9.48. The van der Waals surface area contributed by atoms with E-state index in [4.69, 9.17) is 4.84 Å². The van der Waals surface area contributed by atoms with Gasteiger partial charge in [0.2, 0.25) is 0 Å². The highest BCUT2D eigenvalue weighted by molar-refractivity contribution is 6.00. The maximum absolute atomic E-state index is 5.78. The number of oxime groups is 1. The van der Waals surface area contributed by atoms with E-state index < -0.39 is 0 Å². The molecule has 2 heteroatoms. The summed E-state index contributed by atoms with van der Waals surface area (Å²) < 4.78 is 0. The molecule has 1 aromatic rings. The van der Waals surface area contributed by atoms with E-state index >= 15 is 0 Å². The minimum Gasteiger partial charge on any atom is -0.389 e. The Labute approximate surface area is 96.3 Å². The van der Waals surface area contributed by atoms with Crippen LogP contribution in [-0.2, 0) is 4.84 Å². The van der Waals surface area contributed by atoms with Gasteiger partial charge in [-0.2, -0.15) is 0 Å². The number of benzene rings is 1. The van der Waals surface area contributed by atoms with Crippen LogP contribution in [0.3, 0.4) is 0 Å². The van der Waals surface area contributed by atoms with Crippen molar-refractivity contribution in [3.63, 3.8) is 0 Å². The van der Waals surface area contributed by atoms with Gasteiger partial charge in [-0.25, -0.2) is 0 Å². The Bertz CT molecular complexity index is 390. The fourth-order valence-electron chi connectivity index (χ4n) is 2.78. The Kier molecular flexibility index (Phi) is 2.43. The molecule has 1 saturated carbocycles. The molecule has 0 amide bonds. The summed E-state index contributed by atoms with van der Waals surface area (Å²) in [4.78, 5) is 5.78. The van der Waals surface area contributed by atoms with Gasteiger partial charge in [0.25, 0.3) is 0 Å². The van der Waals surface area contributed by atoms with Crippen molar-refractivity contribution >= 4 is 5.71 Å². The molecule has 1 heterocycles. The van der Waals surface area contributed by atoms with Gasteiger partial charge in [-0.1, -0.05) is 35.5 Å². The lowest BCUT2D eigenvalue weighted by atomic mass is 9.91. The molecular formula is C14H17NO. The Morgan fingerprint density at radius 1 is 1.00 bits per heavy atom. The summed E-state index contributed by atoms with van der Waals surface area (Å²) in [6.07, 6.45) is 7.19. The first kappa shape index (κ1) is 9.88. The normalized spacial score (nSPS) is 22.9. The lowest BCUT2D eigenvalue weighted by Crippen LogP contribution is -2.31. The van der Waals surface area contributed by atoms with E-state index in [0.717, 1.165) is 18.6 Å². The standard InChI is InChI=1S/C14H17NO/c1-2-6-12(7-3-1)13-8-11-14(16-15-13)9-4-5-10-14/h1-3,6-7H,4-5,8-11H2. The summed E-state index contributed by atoms with van der Waals surface area (Å²) in [5, 5.41) is 4.35. The molecular weight excluding hydrogens is 198 g/mol. The first-order chi connectivity index (χ1) is 7.88. The van der Waals surface area contributed by atoms with E-state index in [1.165, 1.54) is 31.2 Å². The van der Waals surface area contributed by atoms with Gasteiger partial charge in [-0.15, -0.1) is 0 Å². The Morgan fingerprint density at radius 2 is 1.75 bits per heavy atom. The molecule has 84 valence electrons. The van der Waals surface area contributed by atoms with Crippen LogP contribution in [0.4, 0.5) is 0 Å². The zero-order chi connectivity index (χ0) is 10.8. The van der Waals surface area contributed by atoms with Crippen LogP contribution in [0, 0.1) is 0 Å². The second-order valence-electron chi connectivity index (χ2n) is 4.89. The third-order valence-corrected chi connectivity index (χ3v) is 3.79. The first-order valence-corrected chi connectivity index (χ1v) is 6.19. The largest absolute Gasteiger partial charge is 0.389 e. The molecule has 0 aromatic heterocycles. The summed E-state index contributed by atoms with van der Waals surface area (Å²) in [5.74, 6) is 0. The van der Waals surface area contributed by atoms with E-state index in [9.17, 15) is 0 Å². The lowest BCUT2D eigenvalue weighted by Gasteiger charge is -2.30. The summed E-state index contributed by atoms with van der Waals surface area (Å²) in [6, 6.07) is 10.4. The Hall–Kier alpha value is -1.31. The van der Waals surface area contributed by atoms with Gasteiger partial charge < -0.3 is 4.84 Å². The van der Waals surface area contributed by atoms with Crippen molar-refractivity contribution < 1.29 is 4.84 Å². The van der Waals surface area contributed by atoms with Crippen LogP contribution in [0.25, 0.3) is 0 Å². The Balaban J connectivity index is 1.79. The summed E-state index contributed by atoms with van der Waals surface area (Å²) in [6.45, 7) is 0. The van der Waals surface area contributed by atoms with Gasteiger partial charge in [0, 0.05) is 0 Å². The smallest absolute Gasteiger partial charge is 0.138 e. The molecule has 1 aliphatic heterocycles. The van der Waals surface area contributed by atoms with Crippen molar-refractivity contribution in [2.24, 2.45) is 5.16 Å². The molecule has 1 aromatic carbocycles. The number of nitrogens with zero attached hydrogens (tertiary/aromatic N) is 1. The lowest BCUT2D eigenvalue weighted by molar-refractivity contribution is -0.0517. The van der Waals surface area contributed by atoms with Crippen LogP contribution in [0.1, 0.15) is 44.1 Å². The van der Waals surface area contributed by atoms with E-state index in [0.29, 0.717) is 0 Å². The van der Waals surface area contributed by atoms with Crippen molar-refractivity contribution in [3.05, 3.63) is 35.9 Å². The van der Waals surface area contributed by atoms with Gasteiger partial charge >= 0.3 is 0 Å². The summed E-state index contributed by atoms with van der Waals surface area (Å²) >= 11 is 0. The highest BCUT2D eigenvalue weighted by Crippen LogP contribution is 2.39. The van der Waals surface area contributed by atoms with Crippen LogP contribution >= 0.6 is 0 Å². The molecule has 0 radical (unpaired) electrons. The molecule has 0 unspecified atom stereocenters. The van der Waals surface area contributed by atoms with E-state index in [1.807, 2.05) is 6.07 Å². The maximum Gasteiger partial charge on any atom is 0.138 e. The van der Waals surface area contributed by atoms with Crippen molar-refractivity contribution in [2.45, 2.75) is 44.1 Å². The SMILES string of the molecule is c1ccc(C2=NOC3(CCCC3)CC2)cc1. The topological polar surface area (TPSA) is 21.6 Å². The first-order valence-electron chi connectivity index (χ1n) is 6.19. The minimum absolute atomic E-state index is 0.0955. The van der Waals surface area contributed by atoms with Crippen LogP contribution < -0.4 is 0 Å². The van der Waals surface area contributed by atoms with Crippen molar-refractivity contribution in [3.8, 4) is 0 Å². The maximum atomic E-state index is 5.78. The van der Waals surface area contributed by atoms with Crippen molar-refractivity contribution in [1.82, 2.24) is 0 Å². The van der Waals surface area contributed by atoms with Gasteiger partial charge in [-0.05, 0) is 44.1 Å². The second kappa shape index (κ2) is 3.93. The summed E-state index contributed by atoms with van der Waals surface area (Å²) in [5.41, 5.74) is 2.41. The average Bonchev–Trinajstić information content (AvgIpc) is 2.80. The van der Waals surface area contributed by atoms with Crippen LogP contribution in [0.2, 0.25) is 0 Å². The van der Waals surface area contributed by atoms with Crippen LogP contribution in [0.5, 0.6) is 0 Å². The third kappa shape index (κ3) is 1.73. The van der Waals surface area contributed by atoms with Gasteiger partial charge in [-0.3, -0.25) is 0 Å². The molecule has 0 saturated heterocycles. The molecule has 3 rings (SSSR count). The minimum atomic E-state index is 0.0955. The predicted molar refractivity (Wildman–Crippen MR) is 64.5 cm³/mol. The van der Waals surface area contributed by atoms with Crippen LogP contribution in [0.15, 0.2) is 35.5 Å². The number of hydrogen-bond acceptors (Lipinski definition) is 2. The van der Waals surface area contributed by atoms with Gasteiger partial charge in [0.05, 0.1) is 5.71 Å². The molecule has 1 fully saturated rings. The quantitative estimate of drug-likeness (QED) is 0.702. The molecule has 1 spiro atoms. The zero-order valence-electron chi connectivity index (χ0n) is 9.48. The number of hydrogen-bond donors (Lipinski definition) is 0. The van der Waals surface area contributed by atoms with E-state index in [2.05, 4.69) is 29.4 Å². The van der Waals surface area contributed by atoms with Gasteiger partial charge in [0.15, 0.2) is 0 Å². The molecule has 0 atom stereocenters. The molecule has 0 N–H and O–H groups in total. The highest BCUT2D eigenvalue weighted by atomic mass is 16.7. The molecule has 2 aliphatic rings. The Morgan fingerprint density at radius 3 is 2.38 bits per heavy atom. The average molecular weight is 215 g/mol. The van der Waals surface area contributed by atoms with E-state index in [1.54, 1.807) is 0 Å². The third-order valence-electron chi connectivity index (χ3n) is 3.79. The monoisotopic (exact) mass is 215 g/mol. The number of rotatable bonds is 1. The van der Waals surface area contributed by atoms with Gasteiger partial charge in [0.1, 0.15) is 5.60 Å². The predicted octanol–water partition coefficient (Wildman–Crippen LogP) is 3.51. The molecule has 16 heavy (non-hydrogen) atoms. The molecule has 1 aliphatic carbocycles. The molecule has 0 bridgehead atoms. The van der Waals surface area contributed by atoms with E-state index in [-0.39, 0.29) is 5.60 Å². The molecule has 2 nitrogen and oxygen atoms in total. The van der Waals surface area contributed by atoms with Crippen molar-refractivity contribution in [1.29, 1.82) is 0 Å². The van der Waals surface area contributed by atoms with Crippen LogP contribution in [-0.4, -0.2) is 11.3 Å². The fourth-order valence-corrected chi connectivity index (χ4v) is 2.78. The highest BCUT2D eigenvalue weighted by Gasteiger charge is 2.38. The van der Waals surface area contributed by atoms with Crippen molar-refractivity contribution in [2.75, 3.05) is 0 Å². The fraction of sp³-hybridized carbons (Fsp3) is 0.500.